The Labute approximate surface area is 167 Å². The molecule has 2 fully saturated rings. The fourth-order valence-corrected chi connectivity index (χ4v) is 5.48. The summed E-state index contributed by atoms with van der Waals surface area (Å²) in [5.41, 5.74) is 0.264. The molecule has 1 saturated carbocycles. The van der Waals surface area contributed by atoms with Crippen LogP contribution in [0.2, 0.25) is 5.02 Å². The van der Waals surface area contributed by atoms with Crippen LogP contribution in [0.4, 0.5) is 0 Å². The molecule has 1 saturated heterocycles. The molecule has 8 heteroatoms. The van der Waals surface area contributed by atoms with Crippen LogP contribution in [0.1, 0.15) is 42.5 Å². The molecule has 1 aliphatic carbocycles. The summed E-state index contributed by atoms with van der Waals surface area (Å²) >= 11 is 6.27. The lowest BCUT2D eigenvalue weighted by Gasteiger charge is -2.32. The molecule has 1 aliphatic heterocycles. The molecule has 0 aromatic heterocycles. The normalized spacial score (nSPS) is 20.6. The third-order valence-electron chi connectivity index (χ3n) is 5.71. The highest BCUT2D eigenvalue weighted by Gasteiger charge is 2.30. The summed E-state index contributed by atoms with van der Waals surface area (Å²) in [5.74, 6) is -0.206. The minimum absolute atomic E-state index is 0.136. The molecule has 0 bridgehead atoms. The lowest BCUT2D eigenvalue weighted by Crippen LogP contribution is -2.47. The van der Waals surface area contributed by atoms with Crippen molar-refractivity contribution in [2.75, 3.05) is 40.3 Å². The van der Waals surface area contributed by atoms with Crippen LogP contribution in [0, 0.1) is 0 Å². The summed E-state index contributed by atoms with van der Waals surface area (Å²) in [4.78, 5) is 17.0. The van der Waals surface area contributed by atoms with E-state index in [1.165, 1.54) is 28.9 Å². The third kappa shape index (κ3) is 4.47. The van der Waals surface area contributed by atoms with E-state index in [4.69, 9.17) is 11.6 Å². The number of likely N-dealkylation sites (N-methyl/N-ethyl adjacent to an activating group) is 1. The van der Waals surface area contributed by atoms with Gasteiger partial charge in [0.2, 0.25) is 10.0 Å². The van der Waals surface area contributed by atoms with Crippen molar-refractivity contribution in [1.29, 1.82) is 0 Å². The van der Waals surface area contributed by atoms with Crippen molar-refractivity contribution in [1.82, 2.24) is 14.1 Å². The predicted octanol–water partition coefficient (Wildman–Crippen LogP) is 2.68. The predicted molar refractivity (Wildman–Crippen MR) is 107 cm³/mol. The minimum Gasteiger partial charge on any atom is -0.339 e. The largest absolute Gasteiger partial charge is 0.339 e. The van der Waals surface area contributed by atoms with E-state index in [-0.39, 0.29) is 22.4 Å². The number of carbonyl (C=O) groups is 1. The van der Waals surface area contributed by atoms with Gasteiger partial charge in [-0.15, -0.1) is 0 Å². The van der Waals surface area contributed by atoms with Crippen molar-refractivity contribution < 1.29 is 13.2 Å². The second-order valence-electron chi connectivity index (χ2n) is 7.56. The summed E-state index contributed by atoms with van der Waals surface area (Å²) in [6, 6.07) is 4.65. The molecule has 2 aliphatic rings. The van der Waals surface area contributed by atoms with Crippen LogP contribution < -0.4 is 0 Å². The van der Waals surface area contributed by atoms with Crippen molar-refractivity contribution in [3.05, 3.63) is 28.8 Å². The number of sulfonamides is 1. The van der Waals surface area contributed by atoms with Gasteiger partial charge in [-0.2, -0.15) is 4.31 Å². The number of hydrogen-bond donors (Lipinski definition) is 0. The topological polar surface area (TPSA) is 60.9 Å². The van der Waals surface area contributed by atoms with Gasteiger partial charge in [-0.3, -0.25) is 4.79 Å². The first-order valence-corrected chi connectivity index (χ1v) is 11.4. The van der Waals surface area contributed by atoms with Gasteiger partial charge in [-0.05, 0) is 38.1 Å². The van der Waals surface area contributed by atoms with E-state index in [1.54, 1.807) is 11.9 Å². The lowest BCUT2D eigenvalue weighted by molar-refractivity contribution is 0.0696. The Morgan fingerprint density at radius 3 is 2.37 bits per heavy atom. The molecule has 1 aromatic carbocycles. The smallest absolute Gasteiger partial charge is 0.255 e. The molecular weight excluding hydrogens is 386 g/mol. The Bertz CT molecular complexity index is 785. The van der Waals surface area contributed by atoms with Crippen LogP contribution >= 0.6 is 11.6 Å². The summed E-state index contributed by atoms with van der Waals surface area (Å²) in [6.07, 6.45) is 5.41. The second kappa shape index (κ2) is 8.47. The van der Waals surface area contributed by atoms with Crippen molar-refractivity contribution in [2.45, 2.75) is 43.0 Å². The first-order valence-electron chi connectivity index (χ1n) is 9.56. The highest BCUT2D eigenvalue weighted by molar-refractivity contribution is 7.89. The van der Waals surface area contributed by atoms with Gasteiger partial charge in [0.15, 0.2) is 0 Å². The number of hydrogen-bond acceptors (Lipinski definition) is 4. The number of rotatable bonds is 4. The van der Waals surface area contributed by atoms with Crippen LogP contribution in [0.25, 0.3) is 0 Å². The zero-order valence-electron chi connectivity index (χ0n) is 16.0. The molecule has 3 rings (SSSR count). The molecule has 1 heterocycles. The standard InChI is InChI=1S/C19H28ClN3O3S/c1-21-10-12-23(13-11-21)27(25,26)16-8-9-18(20)17(14-16)19(24)22(2)15-6-4-3-5-7-15/h8-9,14-15H,3-7,10-13H2,1-2H3. The number of amides is 1. The first kappa shape index (κ1) is 20.6. The van der Waals surface area contributed by atoms with E-state index >= 15 is 0 Å². The van der Waals surface area contributed by atoms with Crippen LogP contribution in [0.5, 0.6) is 0 Å². The minimum atomic E-state index is -3.63. The maximum absolute atomic E-state index is 13.0. The number of nitrogens with zero attached hydrogens (tertiary/aromatic N) is 3. The Morgan fingerprint density at radius 2 is 1.74 bits per heavy atom. The molecular formula is C19H28ClN3O3S. The van der Waals surface area contributed by atoms with Crippen LogP contribution in [-0.2, 0) is 10.0 Å². The summed E-state index contributed by atoms with van der Waals surface area (Å²) in [7, 11) is 0.133. The van der Waals surface area contributed by atoms with E-state index in [9.17, 15) is 13.2 Å². The van der Waals surface area contributed by atoms with Crippen molar-refractivity contribution >= 4 is 27.5 Å². The van der Waals surface area contributed by atoms with Crippen molar-refractivity contribution in [3.63, 3.8) is 0 Å². The quantitative estimate of drug-likeness (QED) is 0.761. The Kier molecular flexibility index (Phi) is 6.46. The van der Waals surface area contributed by atoms with Gasteiger partial charge in [0.05, 0.1) is 15.5 Å². The highest BCUT2D eigenvalue weighted by atomic mass is 35.5. The summed E-state index contributed by atoms with van der Waals surface area (Å²) < 4.78 is 27.5. The molecule has 1 aromatic rings. The van der Waals surface area contributed by atoms with E-state index in [2.05, 4.69) is 4.90 Å². The van der Waals surface area contributed by atoms with Gasteiger partial charge >= 0.3 is 0 Å². The molecule has 0 radical (unpaired) electrons. The fraction of sp³-hybridized carbons (Fsp3) is 0.632. The van der Waals surface area contributed by atoms with E-state index in [0.29, 0.717) is 31.2 Å². The van der Waals surface area contributed by atoms with E-state index in [0.717, 1.165) is 25.7 Å². The second-order valence-corrected chi connectivity index (χ2v) is 9.90. The van der Waals surface area contributed by atoms with Crippen molar-refractivity contribution in [3.8, 4) is 0 Å². The molecule has 0 spiro atoms. The van der Waals surface area contributed by atoms with Gasteiger partial charge in [0, 0.05) is 39.3 Å². The first-order chi connectivity index (χ1) is 12.8. The molecule has 0 N–H and O–H groups in total. The highest BCUT2D eigenvalue weighted by Crippen LogP contribution is 2.27. The average molecular weight is 414 g/mol. The van der Waals surface area contributed by atoms with Gasteiger partial charge in [-0.1, -0.05) is 30.9 Å². The molecule has 1 amide bonds. The van der Waals surface area contributed by atoms with Crippen LogP contribution in [0.15, 0.2) is 23.1 Å². The van der Waals surface area contributed by atoms with Crippen molar-refractivity contribution in [2.24, 2.45) is 0 Å². The number of benzene rings is 1. The summed E-state index contributed by atoms with van der Waals surface area (Å²) in [6.45, 7) is 2.30. The van der Waals surface area contributed by atoms with Gasteiger partial charge in [0.25, 0.3) is 5.91 Å². The SMILES string of the molecule is CN1CCN(S(=O)(=O)c2ccc(Cl)c(C(=O)N(C)C3CCCCC3)c2)CC1. The molecule has 150 valence electrons. The number of piperazine rings is 1. The van der Waals surface area contributed by atoms with Crippen LogP contribution in [0.3, 0.4) is 0 Å². The van der Waals surface area contributed by atoms with Crippen LogP contribution in [-0.4, -0.2) is 74.7 Å². The zero-order chi connectivity index (χ0) is 19.6. The Morgan fingerprint density at radius 1 is 1.11 bits per heavy atom. The lowest BCUT2D eigenvalue weighted by atomic mass is 9.94. The molecule has 27 heavy (non-hydrogen) atoms. The maximum Gasteiger partial charge on any atom is 0.255 e. The Balaban J connectivity index is 1.84. The monoisotopic (exact) mass is 413 g/mol. The van der Waals surface area contributed by atoms with E-state index < -0.39 is 10.0 Å². The average Bonchev–Trinajstić information content (AvgIpc) is 2.68. The maximum atomic E-state index is 13.0. The Hall–Kier alpha value is -1.15. The van der Waals surface area contributed by atoms with Gasteiger partial charge < -0.3 is 9.80 Å². The molecule has 0 atom stereocenters. The van der Waals surface area contributed by atoms with E-state index in [1.807, 2.05) is 7.05 Å². The fourth-order valence-electron chi connectivity index (χ4n) is 3.83. The number of carbonyl (C=O) groups excluding carboxylic acids is 1. The number of halogens is 1. The zero-order valence-corrected chi connectivity index (χ0v) is 17.6. The van der Waals surface area contributed by atoms with Gasteiger partial charge in [-0.25, -0.2) is 8.42 Å². The van der Waals surface area contributed by atoms with Gasteiger partial charge in [0.1, 0.15) is 0 Å². The summed E-state index contributed by atoms with van der Waals surface area (Å²) in [5, 5.41) is 0.292. The molecule has 0 unspecified atom stereocenters. The molecule has 6 nitrogen and oxygen atoms in total. The third-order valence-corrected chi connectivity index (χ3v) is 7.94.